The topological polar surface area (TPSA) is 56.3 Å². The molecule has 6 heteroatoms. The van der Waals surface area contributed by atoms with Crippen LogP contribution in [-0.4, -0.2) is 41.0 Å². The van der Waals surface area contributed by atoms with E-state index in [9.17, 15) is 0 Å². The van der Waals surface area contributed by atoms with Crippen LogP contribution in [0.2, 0.25) is 0 Å². The molecule has 4 aromatic rings. The third-order valence-electron chi connectivity index (χ3n) is 7.65. The number of aryl methyl sites for hydroxylation is 2. The second-order valence-corrected chi connectivity index (χ2v) is 11.1. The van der Waals surface area contributed by atoms with E-state index >= 15 is 0 Å². The largest absolute Gasteiger partial charge is 0.369 e. The normalized spacial score (nSPS) is 13.7. The van der Waals surface area contributed by atoms with E-state index in [2.05, 4.69) is 100 Å². The minimum absolute atomic E-state index is 0.588. The highest BCUT2D eigenvalue weighted by atomic mass is 15.3. The highest BCUT2D eigenvalue weighted by Crippen LogP contribution is 2.25. The molecule has 0 saturated carbocycles. The summed E-state index contributed by atoms with van der Waals surface area (Å²) in [7, 11) is 0. The quantitative estimate of drug-likeness (QED) is 0.200. The fraction of sp³-hybridized carbons (Fsp3) is 0.314. The van der Waals surface area contributed by atoms with Crippen molar-refractivity contribution in [3.8, 4) is 11.3 Å². The van der Waals surface area contributed by atoms with Crippen molar-refractivity contribution in [1.29, 1.82) is 0 Å². The number of hydrogen-bond donors (Lipinski definition) is 2. The average Bonchev–Trinajstić information content (AvgIpc) is 2.98. The predicted octanol–water partition coefficient (Wildman–Crippen LogP) is 7.81. The molecule has 1 fully saturated rings. The zero-order valence-electron chi connectivity index (χ0n) is 24.7. The average molecular weight is 547 g/mol. The molecule has 2 N–H and O–H groups in total. The summed E-state index contributed by atoms with van der Waals surface area (Å²) in [6, 6.07) is 25.7. The van der Waals surface area contributed by atoms with Crippen molar-refractivity contribution in [2.24, 2.45) is 0 Å². The zero-order chi connectivity index (χ0) is 28.6. The molecule has 5 rings (SSSR count). The summed E-state index contributed by atoms with van der Waals surface area (Å²) in [6.07, 6.45) is 5.49. The maximum Gasteiger partial charge on any atom is 0.227 e. The van der Waals surface area contributed by atoms with Gasteiger partial charge in [-0.3, -0.25) is 4.90 Å². The number of rotatable bonds is 11. The van der Waals surface area contributed by atoms with Gasteiger partial charge in [0, 0.05) is 67.2 Å². The Labute approximate surface area is 245 Å². The van der Waals surface area contributed by atoms with Gasteiger partial charge in [0.15, 0.2) is 0 Å². The van der Waals surface area contributed by atoms with Crippen molar-refractivity contribution >= 4 is 23.0 Å². The van der Waals surface area contributed by atoms with Crippen LogP contribution in [0.5, 0.6) is 0 Å². The molecule has 0 amide bonds. The Morgan fingerprint density at radius 3 is 2.49 bits per heavy atom. The lowest BCUT2D eigenvalue weighted by molar-refractivity contribution is 0.250. The minimum Gasteiger partial charge on any atom is -0.369 e. The lowest BCUT2D eigenvalue weighted by Crippen LogP contribution is -2.46. The Morgan fingerprint density at radius 2 is 1.73 bits per heavy atom. The van der Waals surface area contributed by atoms with Crippen molar-refractivity contribution < 1.29 is 0 Å². The number of nitrogens with one attached hydrogen (secondary N) is 2. The van der Waals surface area contributed by atoms with Crippen LogP contribution in [0.15, 0.2) is 91.3 Å². The van der Waals surface area contributed by atoms with Crippen LogP contribution in [0.1, 0.15) is 43.4 Å². The molecule has 0 unspecified atom stereocenters. The maximum absolute atomic E-state index is 4.77. The smallest absolute Gasteiger partial charge is 0.227 e. The van der Waals surface area contributed by atoms with Crippen LogP contribution in [0, 0.1) is 6.92 Å². The number of aromatic nitrogens is 2. The number of allylic oxidation sites excluding steroid dienone is 1. The molecule has 2 heterocycles. The summed E-state index contributed by atoms with van der Waals surface area (Å²) >= 11 is 0. The number of benzene rings is 3. The van der Waals surface area contributed by atoms with Gasteiger partial charge in [-0.2, -0.15) is 0 Å². The van der Waals surface area contributed by atoms with E-state index < -0.39 is 0 Å². The van der Waals surface area contributed by atoms with Gasteiger partial charge < -0.3 is 15.5 Å². The SMILES string of the molecule is C=C(C)Nc1ccc(-c2ccnc(Nc3cccc(N4CCN(Cc5ccc(C)c(CCCC)c5)CC4)c3)n2)cc1. The van der Waals surface area contributed by atoms with Crippen LogP contribution in [-0.2, 0) is 13.0 Å². The van der Waals surface area contributed by atoms with E-state index in [1.165, 1.54) is 41.6 Å². The first-order chi connectivity index (χ1) is 20.0. The number of hydrogen-bond acceptors (Lipinski definition) is 6. The molecule has 0 atom stereocenters. The molecular formula is C35H42N6. The van der Waals surface area contributed by atoms with Gasteiger partial charge in [0.2, 0.25) is 5.95 Å². The number of piperazine rings is 1. The Balaban J connectivity index is 1.18. The molecule has 0 radical (unpaired) electrons. The summed E-state index contributed by atoms with van der Waals surface area (Å²) in [5.74, 6) is 0.588. The van der Waals surface area contributed by atoms with Gasteiger partial charge in [-0.1, -0.05) is 56.3 Å². The molecule has 3 aromatic carbocycles. The molecule has 1 aromatic heterocycles. The third kappa shape index (κ3) is 7.74. The van der Waals surface area contributed by atoms with Crippen LogP contribution in [0.3, 0.4) is 0 Å². The first-order valence-electron chi connectivity index (χ1n) is 14.8. The van der Waals surface area contributed by atoms with E-state index in [0.717, 1.165) is 61.1 Å². The highest BCUT2D eigenvalue weighted by molar-refractivity contribution is 5.66. The van der Waals surface area contributed by atoms with Crippen molar-refractivity contribution in [3.63, 3.8) is 0 Å². The summed E-state index contributed by atoms with van der Waals surface area (Å²) in [5, 5.41) is 6.65. The van der Waals surface area contributed by atoms with Crippen molar-refractivity contribution in [2.45, 2.75) is 46.6 Å². The summed E-state index contributed by atoms with van der Waals surface area (Å²) in [4.78, 5) is 14.3. The first-order valence-corrected chi connectivity index (χ1v) is 14.8. The molecule has 212 valence electrons. The molecule has 0 aliphatic carbocycles. The number of nitrogens with zero attached hydrogens (tertiary/aromatic N) is 4. The Morgan fingerprint density at radius 1 is 0.927 bits per heavy atom. The monoisotopic (exact) mass is 546 g/mol. The maximum atomic E-state index is 4.77. The van der Waals surface area contributed by atoms with Gasteiger partial charge in [-0.15, -0.1) is 0 Å². The first kappa shape index (κ1) is 28.4. The zero-order valence-corrected chi connectivity index (χ0v) is 24.7. The Bertz CT molecular complexity index is 1450. The molecule has 6 nitrogen and oxygen atoms in total. The molecule has 41 heavy (non-hydrogen) atoms. The Kier molecular flexibility index (Phi) is 9.32. The lowest BCUT2D eigenvalue weighted by atomic mass is 10.00. The highest BCUT2D eigenvalue weighted by Gasteiger charge is 2.18. The molecule has 0 bridgehead atoms. The molecule has 1 aliphatic rings. The number of anilines is 4. The van der Waals surface area contributed by atoms with E-state index in [4.69, 9.17) is 4.98 Å². The molecule has 0 spiro atoms. The Hall–Kier alpha value is -4.16. The third-order valence-corrected chi connectivity index (χ3v) is 7.65. The van der Waals surface area contributed by atoms with Gasteiger partial charge in [0.1, 0.15) is 0 Å². The lowest BCUT2D eigenvalue weighted by Gasteiger charge is -2.36. The molecule has 1 saturated heterocycles. The van der Waals surface area contributed by atoms with Crippen molar-refractivity contribution in [1.82, 2.24) is 14.9 Å². The summed E-state index contributed by atoms with van der Waals surface area (Å²) in [6.45, 7) is 15.5. The van der Waals surface area contributed by atoms with Crippen LogP contribution < -0.4 is 15.5 Å². The van der Waals surface area contributed by atoms with Crippen molar-refractivity contribution in [2.75, 3.05) is 41.7 Å². The van der Waals surface area contributed by atoms with E-state index in [1.807, 2.05) is 25.1 Å². The van der Waals surface area contributed by atoms with Crippen LogP contribution in [0.4, 0.5) is 23.0 Å². The summed E-state index contributed by atoms with van der Waals surface area (Å²) in [5.41, 5.74) is 10.4. The predicted molar refractivity (Wildman–Crippen MR) is 173 cm³/mol. The van der Waals surface area contributed by atoms with Gasteiger partial charge in [0.25, 0.3) is 0 Å². The second-order valence-electron chi connectivity index (χ2n) is 11.1. The van der Waals surface area contributed by atoms with Crippen LogP contribution in [0.25, 0.3) is 11.3 Å². The van der Waals surface area contributed by atoms with Crippen LogP contribution >= 0.6 is 0 Å². The minimum atomic E-state index is 0.588. The van der Waals surface area contributed by atoms with Gasteiger partial charge in [-0.25, -0.2) is 9.97 Å². The second kappa shape index (κ2) is 13.5. The van der Waals surface area contributed by atoms with E-state index in [-0.39, 0.29) is 0 Å². The van der Waals surface area contributed by atoms with E-state index in [1.54, 1.807) is 6.20 Å². The fourth-order valence-electron chi connectivity index (χ4n) is 5.34. The standard InChI is InChI=1S/C35H42N6/c1-5-6-8-30-23-28(12-11-27(30)4)25-40-19-21-41(22-20-40)33-10-7-9-32(24-33)38-35-36-18-17-34(39-35)29-13-15-31(16-14-29)37-26(2)3/h7,9-18,23-24,37H,2,5-6,8,19-22,25H2,1,3-4H3,(H,36,38,39). The van der Waals surface area contributed by atoms with Gasteiger partial charge in [0.05, 0.1) is 5.69 Å². The van der Waals surface area contributed by atoms with Crippen molar-refractivity contribution in [3.05, 3.63) is 108 Å². The fourth-order valence-corrected chi connectivity index (χ4v) is 5.34. The number of unbranched alkanes of at least 4 members (excludes halogenated alkanes) is 1. The van der Waals surface area contributed by atoms with Gasteiger partial charge in [-0.05, 0) is 79.8 Å². The molecule has 1 aliphatic heterocycles. The van der Waals surface area contributed by atoms with E-state index in [0.29, 0.717) is 5.95 Å². The summed E-state index contributed by atoms with van der Waals surface area (Å²) < 4.78 is 0. The molecular weight excluding hydrogens is 504 g/mol. The van der Waals surface area contributed by atoms with Gasteiger partial charge >= 0.3 is 0 Å².